The van der Waals surface area contributed by atoms with Crippen molar-refractivity contribution in [2.24, 2.45) is 0 Å². The summed E-state index contributed by atoms with van der Waals surface area (Å²) in [4.78, 5) is 71.9. The van der Waals surface area contributed by atoms with Gasteiger partial charge in [0.05, 0.1) is 12.7 Å². The van der Waals surface area contributed by atoms with Crippen LogP contribution in [0.1, 0.15) is 48.5 Å². The number of carbonyl (C=O) groups excluding carboxylic acids is 6. The van der Waals surface area contributed by atoms with E-state index in [2.05, 4.69) is 6.58 Å². The lowest BCUT2D eigenvalue weighted by Crippen LogP contribution is -2.66. The molecule has 0 spiro atoms. The van der Waals surface area contributed by atoms with E-state index in [1.54, 1.807) is 0 Å². The Morgan fingerprint density at radius 1 is 0.605 bits per heavy atom. The maximum absolute atomic E-state index is 12.2. The summed E-state index contributed by atoms with van der Waals surface area (Å²) in [5.74, 6) is -4.61. The number of rotatable bonds is 12. The van der Waals surface area contributed by atoms with Gasteiger partial charge in [-0.3, -0.25) is 28.8 Å². The Balaban J connectivity index is 2.60. The van der Waals surface area contributed by atoms with Crippen molar-refractivity contribution in [1.29, 1.82) is 0 Å². The molecule has 2 heterocycles. The highest BCUT2D eigenvalue weighted by Crippen LogP contribution is 2.35. The molecule has 2 saturated heterocycles. The maximum atomic E-state index is 12.2. The molecule has 0 amide bonds. The van der Waals surface area contributed by atoms with Gasteiger partial charge in [0.25, 0.3) is 0 Å². The first-order chi connectivity index (χ1) is 20.1. The van der Waals surface area contributed by atoms with Gasteiger partial charge in [-0.2, -0.15) is 0 Å². The largest absolute Gasteiger partial charge is 0.463 e. The molecule has 0 bridgehead atoms. The lowest BCUT2D eigenvalue weighted by Gasteiger charge is -2.48. The molecule has 16 heteroatoms. The van der Waals surface area contributed by atoms with Crippen LogP contribution >= 0.6 is 0 Å². The SMILES string of the molecule is C=CCO[C@H]1O[C@H](COC(C)=O)[C@@H](OC(C)=O)[C@H](OC(C)=O)[C@H]1O[C@@H]1O[C@@H](C)[C@H](OC(C)=O)[C@@H](OC(C)=O)[C@H]1OC(C)=O. The Labute approximate surface area is 248 Å². The number of ether oxygens (including phenoxy) is 10. The average molecular weight is 619 g/mol. The molecule has 0 aliphatic carbocycles. The highest BCUT2D eigenvalue weighted by Gasteiger charge is 2.56. The van der Waals surface area contributed by atoms with Crippen molar-refractivity contribution in [2.75, 3.05) is 13.2 Å². The molecule has 0 radical (unpaired) electrons. The van der Waals surface area contributed by atoms with Crippen LogP contribution in [0.5, 0.6) is 0 Å². The zero-order valence-corrected chi connectivity index (χ0v) is 25.0. The van der Waals surface area contributed by atoms with Crippen LogP contribution in [-0.4, -0.2) is 110 Å². The highest BCUT2D eigenvalue weighted by atomic mass is 16.8. The van der Waals surface area contributed by atoms with Crippen molar-refractivity contribution < 1.29 is 76.1 Å². The van der Waals surface area contributed by atoms with E-state index in [0.717, 1.165) is 41.5 Å². The normalized spacial score (nSPS) is 32.0. The second-order valence-electron chi connectivity index (χ2n) is 9.65. The van der Waals surface area contributed by atoms with Gasteiger partial charge in [0, 0.05) is 41.5 Å². The third-order valence-electron chi connectivity index (χ3n) is 5.95. The Bertz CT molecular complexity index is 1040. The van der Waals surface area contributed by atoms with Gasteiger partial charge in [-0.05, 0) is 6.92 Å². The van der Waals surface area contributed by atoms with Crippen molar-refractivity contribution in [2.45, 2.75) is 110 Å². The molecule has 2 aliphatic heterocycles. The van der Waals surface area contributed by atoms with Crippen molar-refractivity contribution in [3.8, 4) is 0 Å². The number of hydrogen-bond acceptors (Lipinski definition) is 16. The smallest absolute Gasteiger partial charge is 0.303 e. The summed E-state index contributed by atoms with van der Waals surface area (Å²) in [6, 6.07) is 0. The van der Waals surface area contributed by atoms with Crippen LogP contribution in [0.25, 0.3) is 0 Å². The van der Waals surface area contributed by atoms with Crippen molar-refractivity contribution >= 4 is 35.8 Å². The highest BCUT2D eigenvalue weighted by molar-refractivity contribution is 5.69. The molecule has 2 fully saturated rings. The minimum Gasteiger partial charge on any atom is -0.463 e. The van der Waals surface area contributed by atoms with Gasteiger partial charge in [0.15, 0.2) is 49.2 Å². The summed E-state index contributed by atoms with van der Waals surface area (Å²) in [6.07, 6.45) is -12.2. The van der Waals surface area contributed by atoms with Crippen LogP contribution in [0.4, 0.5) is 0 Å². The monoisotopic (exact) mass is 618 g/mol. The first-order valence-electron chi connectivity index (χ1n) is 13.3. The van der Waals surface area contributed by atoms with Gasteiger partial charge in [-0.1, -0.05) is 6.08 Å². The van der Waals surface area contributed by atoms with Crippen LogP contribution in [0.15, 0.2) is 12.7 Å². The van der Waals surface area contributed by atoms with E-state index in [0.29, 0.717) is 0 Å². The second-order valence-corrected chi connectivity index (χ2v) is 9.65. The van der Waals surface area contributed by atoms with E-state index in [-0.39, 0.29) is 6.61 Å². The fourth-order valence-corrected chi connectivity index (χ4v) is 4.55. The van der Waals surface area contributed by atoms with E-state index in [1.165, 1.54) is 13.0 Å². The van der Waals surface area contributed by atoms with Crippen molar-refractivity contribution in [3.05, 3.63) is 12.7 Å². The quantitative estimate of drug-likeness (QED) is 0.164. The van der Waals surface area contributed by atoms with Crippen LogP contribution in [0, 0.1) is 0 Å². The number of esters is 6. The van der Waals surface area contributed by atoms with Crippen molar-refractivity contribution in [3.63, 3.8) is 0 Å². The summed E-state index contributed by atoms with van der Waals surface area (Å²) in [7, 11) is 0. The first kappa shape index (κ1) is 35.6. The molecule has 0 unspecified atom stereocenters. The van der Waals surface area contributed by atoms with Crippen LogP contribution in [-0.2, 0) is 76.1 Å². The van der Waals surface area contributed by atoms with E-state index in [4.69, 9.17) is 47.4 Å². The summed E-state index contributed by atoms with van der Waals surface area (Å²) in [6.45, 7) is 11.2. The van der Waals surface area contributed by atoms with Gasteiger partial charge >= 0.3 is 35.8 Å². The molecule has 43 heavy (non-hydrogen) atoms. The number of carbonyl (C=O) groups is 6. The molecule has 0 N–H and O–H groups in total. The molecule has 10 atom stereocenters. The van der Waals surface area contributed by atoms with Crippen LogP contribution in [0.3, 0.4) is 0 Å². The molecule has 0 aromatic rings. The first-order valence-corrected chi connectivity index (χ1v) is 13.3. The molecule has 2 aliphatic rings. The molecular weight excluding hydrogens is 580 g/mol. The van der Waals surface area contributed by atoms with Gasteiger partial charge in [-0.25, -0.2) is 0 Å². The fourth-order valence-electron chi connectivity index (χ4n) is 4.55. The predicted octanol–water partition coefficient (Wildman–Crippen LogP) is 0.266. The molecule has 16 nitrogen and oxygen atoms in total. The summed E-state index contributed by atoms with van der Waals surface area (Å²) in [5.41, 5.74) is 0. The average Bonchev–Trinajstić information content (AvgIpc) is 2.87. The standard InChI is InChI=1S/C27H38O16/c1-9-10-34-26-24(23(40-17(7)32)21(38-15(5)30)19(42-26)11-35-13(3)28)43-27-25(41-18(8)33)22(39-16(6)31)20(12(2)36-27)37-14(4)29/h9,12,19-27H,1,10-11H2,2-8H3/t12-,19+,20-,21+,22+,23-,24+,25+,26-,27-/m0/s1. The zero-order chi connectivity index (χ0) is 32.4. The Hall–Kier alpha value is -3.60. The van der Waals surface area contributed by atoms with Gasteiger partial charge in [0.1, 0.15) is 12.7 Å². The van der Waals surface area contributed by atoms with E-state index in [9.17, 15) is 28.8 Å². The molecule has 2 rings (SSSR count). The summed E-state index contributed by atoms with van der Waals surface area (Å²) < 4.78 is 56.0. The third kappa shape index (κ3) is 10.6. The van der Waals surface area contributed by atoms with Gasteiger partial charge in [-0.15, -0.1) is 6.58 Å². The lowest BCUT2D eigenvalue weighted by atomic mass is 9.96. The molecular formula is C27H38O16. The topological polar surface area (TPSA) is 195 Å². The Kier molecular flexibility index (Phi) is 13.5. The van der Waals surface area contributed by atoms with Gasteiger partial charge < -0.3 is 47.4 Å². The van der Waals surface area contributed by atoms with Crippen LogP contribution in [0.2, 0.25) is 0 Å². The molecule has 0 aromatic carbocycles. The fraction of sp³-hybridized carbons (Fsp3) is 0.704. The van der Waals surface area contributed by atoms with Crippen LogP contribution < -0.4 is 0 Å². The van der Waals surface area contributed by atoms with E-state index in [1.807, 2.05) is 0 Å². The minimum absolute atomic E-state index is 0.101. The maximum Gasteiger partial charge on any atom is 0.303 e. The van der Waals surface area contributed by atoms with Gasteiger partial charge in [0.2, 0.25) is 0 Å². The second kappa shape index (κ2) is 16.3. The van der Waals surface area contributed by atoms with E-state index >= 15 is 0 Å². The third-order valence-corrected chi connectivity index (χ3v) is 5.95. The van der Waals surface area contributed by atoms with E-state index < -0.39 is 104 Å². The molecule has 0 saturated carbocycles. The summed E-state index contributed by atoms with van der Waals surface area (Å²) >= 11 is 0. The molecule has 242 valence electrons. The number of hydrogen-bond donors (Lipinski definition) is 0. The Morgan fingerprint density at radius 2 is 1.07 bits per heavy atom. The van der Waals surface area contributed by atoms with Crippen molar-refractivity contribution in [1.82, 2.24) is 0 Å². The summed E-state index contributed by atoms with van der Waals surface area (Å²) in [5, 5.41) is 0. The zero-order valence-electron chi connectivity index (χ0n) is 25.0. The molecule has 0 aromatic heterocycles. The predicted molar refractivity (Wildman–Crippen MR) is 138 cm³/mol. The Morgan fingerprint density at radius 3 is 1.56 bits per heavy atom. The lowest BCUT2D eigenvalue weighted by molar-refractivity contribution is -0.365. The minimum atomic E-state index is -1.57.